The van der Waals surface area contributed by atoms with Gasteiger partial charge >= 0.3 is 0 Å². The second kappa shape index (κ2) is 4.27. The van der Waals surface area contributed by atoms with E-state index in [1.165, 1.54) is 17.0 Å². The molecule has 1 aromatic rings. The van der Waals surface area contributed by atoms with Gasteiger partial charge in [0.05, 0.1) is 5.69 Å². The lowest BCUT2D eigenvalue weighted by atomic mass is 10.0. The Hall–Kier alpha value is -0.960. The summed E-state index contributed by atoms with van der Waals surface area (Å²) in [5.74, 6) is 0.926. The summed E-state index contributed by atoms with van der Waals surface area (Å²) in [5, 5.41) is 0. The number of hydrogen-bond acceptors (Lipinski definition) is 3. The van der Waals surface area contributed by atoms with Crippen molar-refractivity contribution in [1.29, 1.82) is 0 Å². The molecule has 2 rings (SSSR count). The van der Waals surface area contributed by atoms with E-state index in [4.69, 9.17) is 0 Å². The Kier molecular flexibility index (Phi) is 3.00. The van der Waals surface area contributed by atoms with E-state index in [1.54, 1.807) is 0 Å². The molecule has 0 N–H and O–H groups in total. The van der Waals surface area contributed by atoms with Gasteiger partial charge in [0, 0.05) is 30.8 Å². The minimum atomic E-state index is 0.926. The molecule has 1 aromatic heterocycles. The van der Waals surface area contributed by atoms with E-state index in [2.05, 4.69) is 28.7 Å². The van der Waals surface area contributed by atoms with Crippen molar-refractivity contribution in [1.82, 2.24) is 14.9 Å². The summed E-state index contributed by atoms with van der Waals surface area (Å²) < 4.78 is 0. The smallest absolute Gasteiger partial charge is 0.125 e. The summed E-state index contributed by atoms with van der Waals surface area (Å²) >= 11 is 0. The predicted octanol–water partition coefficient (Wildman–Crippen LogP) is 1.73. The number of rotatable bonds is 2. The Morgan fingerprint density at radius 2 is 2.07 bits per heavy atom. The number of likely N-dealkylation sites (N-methyl/N-ethyl adjacent to an activating group) is 1. The van der Waals surface area contributed by atoms with Crippen LogP contribution in [-0.4, -0.2) is 28.0 Å². The second-order valence-corrected chi connectivity index (χ2v) is 4.12. The van der Waals surface area contributed by atoms with Crippen LogP contribution in [-0.2, 0) is 19.4 Å². The lowest BCUT2D eigenvalue weighted by Gasteiger charge is -2.28. The van der Waals surface area contributed by atoms with Crippen molar-refractivity contribution < 1.29 is 0 Å². The summed E-state index contributed by atoms with van der Waals surface area (Å²) in [6, 6.07) is 0. The highest BCUT2D eigenvalue weighted by molar-refractivity contribution is 5.28. The van der Waals surface area contributed by atoms with E-state index >= 15 is 0 Å². The maximum absolute atomic E-state index is 4.55. The third-order valence-corrected chi connectivity index (χ3v) is 3.12. The zero-order valence-electron chi connectivity index (χ0n) is 9.88. The molecule has 0 bridgehead atoms. The van der Waals surface area contributed by atoms with Gasteiger partial charge in [0.15, 0.2) is 0 Å². The molecule has 3 nitrogen and oxygen atoms in total. The number of hydrogen-bond donors (Lipinski definition) is 0. The fourth-order valence-corrected chi connectivity index (χ4v) is 2.24. The summed E-state index contributed by atoms with van der Waals surface area (Å²) in [4.78, 5) is 11.5. The van der Waals surface area contributed by atoms with Crippen LogP contribution in [0.1, 0.15) is 36.6 Å². The molecule has 0 aliphatic carbocycles. The fraction of sp³-hybridized carbons (Fsp3) is 0.667. The molecule has 0 amide bonds. The maximum Gasteiger partial charge on any atom is 0.125 e. The van der Waals surface area contributed by atoms with Gasteiger partial charge < -0.3 is 0 Å². The number of aromatic nitrogens is 2. The summed E-state index contributed by atoms with van der Waals surface area (Å²) in [5.41, 5.74) is 3.91. The zero-order chi connectivity index (χ0) is 10.8. The molecule has 1 aliphatic rings. The average molecular weight is 205 g/mol. The van der Waals surface area contributed by atoms with E-state index in [0.717, 1.165) is 38.3 Å². The van der Waals surface area contributed by atoms with Crippen LogP contribution in [0, 0.1) is 6.92 Å². The Bertz CT molecular complexity index is 343. The van der Waals surface area contributed by atoms with Gasteiger partial charge in [-0.1, -0.05) is 13.8 Å². The van der Waals surface area contributed by atoms with Crippen molar-refractivity contribution in [2.45, 2.75) is 40.2 Å². The van der Waals surface area contributed by atoms with Crippen LogP contribution in [0.2, 0.25) is 0 Å². The van der Waals surface area contributed by atoms with Gasteiger partial charge in [-0.3, -0.25) is 4.90 Å². The minimum Gasteiger partial charge on any atom is -0.299 e. The van der Waals surface area contributed by atoms with E-state index < -0.39 is 0 Å². The van der Waals surface area contributed by atoms with Gasteiger partial charge in [-0.15, -0.1) is 0 Å². The monoisotopic (exact) mass is 205 g/mol. The van der Waals surface area contributed by atoms with Gasteiger partial charge in [0.2, 0.25) is 0 Å². The zero-order valence-corrected chi connectivity index (χ0v) is 9.88. The third-order valence-electron chi connectivity index (χ3n) is 3.12. The summed E-state index contributed by atoms with van der Waals surface area (Å²) in [7, 11) is 0. The van der Waals surface area contributed by atoms with Crippen LogP contribution >= 0.6 is 0 Å². The number of aryl methyl sites for hydroxylation is 2. The lowest BCUT2D eigenvalue weighted by molar-refractivity contribution is 0.263. The van der Waals surface area contributed by atoms with Crippen LogP contribution < -0.4 is 0 Å². The van der Waals surface area contributed by atoms with Crippen LogP contribution in [0.5, 0.6) is 0 Å². The van der Waals surface area contributed by atoms with Gasteiger partial charge in [-0.2, -0.15) is 0 Å². The van der Waals surface area contributed by atoms with E-state index in [0.29, 0.717) is 0 Å². The standard InChI is InChI=1S/C12H19N3/c1-4-11-10-8-15(5-2)7-6-12(10)14-9(3)13-11/h4-8H2,1-3H3. The van der Waals surface area contributed by atoms with Crippen molar-refractivity contribution in [2.75, 3.05) is 13.1 Å². The molecule has 3 heteroatoms. The molecular weight excluding hydrogens is 186 g/mol. The van der Waals surface area contributed by atoms with Crippen LogP contribution in [0.3, 0.4) is 0 Å². The highest BCUT2D eigenvalue weighted by Crippen LogP contribution is 2.20. The van der Waals surface area contributed by atoms with Gasteiger partial charge in [0.25, 0.3) is 0 Å². The van der Waals surface area contributed by atoms with Crippen LogP contribution in [0.15, 0.2) is 0 Å². The first kappa shape index (κ1) is 10.6. The Balaban J connectivity index is 2.39. The van der Waals surface area contributed by atoms with Gasteiger partial charge in [-0.05, 0) is 19.9 Å². The molecule has 0 spiro atoms. The molecule has 0 radical (unpaired) electrons. The molecule has 0 aromatic carbocycles. The first-order valence-electron chi connectivity index (χ1n) is 5.82. The minimum absolute atomic E-state index is 0.926. The highest BCUT2D eigenvalue weighted by Gasteiger charge is 2.19. The molecule has 0 atom stereocenters. The largest absolute Gasteiger partial charge is 0.299 e. The molecule has 82 valence electrons. The first-order chi connectivity index (χ1) is 7.24. The van der Waals surface area contributed by atoms with Crippen molar-refractivity contribution in [2.24, 2.45) is 0 Å². The maximum atomic E-state index is 4.55. The molecule has 2 heterocycles. The van der Waals surface area contributed by atoms with E-state index in [1.807, 2.05) is 6.92 Å². The molecule has 15 heavy (non-hydrogen) atoms. The van der Waals surface area contributed by atoms with Crippen molar-refractivity contribution >= 4 is 0 Å². The number of fused-ring (bicyclic) bond motifs is 1. The molecular formula is C12H19N3. The first-order valence-corrected chi connectivity index (χ1v) is 5.82. The van der Waals surface area contributed by atoms with Gasteiger partial charge in [0.1, 0.15) is 5.82 Å². The van der Waals surface area contributed by atoms with Gasteiger partial charge in [-0.25, -0.2) is 9.97 Å². The topological polar surface area (TPSA) is 29.0 Å². The molecule has 0 fully saturated rings. The fourth-order valence-electron chi connectivity index (χ4n) is 2.24. The molecule has 0 unspecified atom stereocenters. The summed E-state index contributed by atoms with van der Waals surface area (Å²) in [6.07, 6.45) is 2.10. The van der Waals surface area contributed by atoms with Crippen molar-refractivity contribution in [3.63, 3.8) is 0 Å². The molecule has 1 aliphatic heterocycles. The molecule has 0 saturated carbocycles. The highest BCUT2D eigenvalue weighted by atomic mass is 15.1. The third kappa shape index (κ3) is 2.02. The van der Waals surface area contributed by atoms with Crippen LogP contribution in [0.25, 0.3) is 0 Å². The quantitative estimate of drug-likeness (QED) is 0.736. The van der Waals surface area contributed by atoms with Crippen LogP contribution in [0.4, 0.5) is 0 Å². The summed E-state index contributed by atoms with van der Waals surface area (Å²) in [6.45, 7) is 9.68. The SMILES string of the molecule is CCc1nc(C)nc2c1CN(CC)CC2. The Morgan fingerprint density at radius 1 is 1.27 bits per heavy atom. The lowest BCUT2D eigenvalue weighted by Crippen LogP contribution is -2.32. The van der Waals surface area contributed by atoms with E-state index in [-0.39, 0.29) is 0 Å². The normalized spacial score (nSPS) is 16.5. The Morgan fingerprint density at radius 3 is 2.73 bits per heavy atom. The molecule has 0 saturated heterocycles. The second-order valence-electron chi connectivity index (χ2n) is 4.12. The number of nitrogens with zero attached hydrogens (tertiary/aromatic N) is 3. The van der Waals surface area contributed by atoms with Crippen molar-refractivity contribution in [3.8, 4) is 0 Å². The van der Waals surface area contributed by atoms with E-state index in [9.17, 15) is 0 Å². The average Bonchev–Trinajstić information content (AvgIpc) is 2.27. The Labute approximate surface area is 91.5 Å². The predicted molar refractivity (Wildman–Crippen MR) is 60.8 cm³/mol. The van der Waals surface area contributed by atoms with Crippen molar-refractivity contribution in [3.05, 3.63) is 22.8 Å².